The van der Waals surface area contributed by atoms with Crippen LogP contribution in [-0.2, 0) is 4.79 Å². The normalized spacial score (nSPS) is 11.2. The fraction of sp³-hybridized carbons (Fsp3) is 0.294. The molecule has 0 radical (unpaired) electrons. The zero-order valence-electron chi connectivity index (χ0n) is 13.9. The Balaban J connectivity index is 2.15. The minimum absolute atomic E-state index is 0.0475. The third-order valence-corrected chi connectivity index (χ3v) is 4.62. The summed E-state index contributed by atoms with van der Waals surface area (Å²) in [5.41, 5.74) is 2.77. The summed E-state index contributed by atoms with van der Waals surface area (Å²) in [7, 11) is 1.63. The van der Waals surface area contributed by atoms with Crippen LogP contribution in [0.4, 0.5) is 0 Å². The number of rotatable bonds is 5. The van der Waals surface area contributed by atoms with Gasteiger partial charge in [0.15, 0.2) is 0 Å². The summed E-state index contributed by atoms with van der Waals surface area (Å²) in [6.45, 7) is 4.17. The van der Waals surface area contributed by atoms with Crippen LogP contribution in [-0.4, -0.2) is 38.7 Å². The van der Waals surface area contributed by atoms with Crippen molar-refractivity contribution in [3.8, 4) is 5.69 Å². The topological polar surface area (TPSA) is 72.7 Å². The molecular formula is C17H19N5OS. The number of nitrogens with zero attached hydrogens (tertiary/aromatic N) is 4. The molecule has 1 aromatic carbocycles. The first-order valence-corrected chi connectivity index (χ1v) is 8.73. The molecule has 0 aliphatic rings. The van der Waals surface area contributed by atoms with E-state index in [1.54, 1.807) is 7.05 Å². The molecule has 0 aliphatic heterocycles. The summed E-state index contributed by atoms with van der Waals surface area (Å²) in [5, 5.41) is 17.6. The maximum absolute atomic E-state index is 11.6. The molecule has 0 unspecified atom stereocenters. The summed E-state index contributed by atoms with van der Waals surface area (Å²) in [6.07, 6.45) is 1.83. The zero-order valence-corrected chi connectivity index (χ0v) is 14.7. The highest BCUT2D eigenvalue weighted by Gasteiger charge is 2.18. The van der Waals surface area contributed by atoms with E-state index in [0.29, 0.717) is 10.8 Å². The van der Waals surface area contributed by atoms with Gasteiger partial charge >= 0.3 is 0 Å². The lowest BCUT2D eigenvalue weighted by molar-refractivity contribution is -0.118. The Kier molecular flexibility index (Phi) is 4.80. The quantitative estimate of drug-likeness (QED) is 0.723. The number of para-hydroxylation sites is 1. The number of thioether (sulfide) groups is 1. The lowest BCUT2D eigenvalue weighted by Gasteiger charge is -2.10. The summed E-state index contributed by atoms with van der Waals surface area (Å²) in [4.78, 5) is 11.6. The molecule has 0 saturated carbocycles. The number of fused-ring (bicyclic) bond motifs is 1. The van der Waals surface area contributed by atoms with Gasteiger partial charge in [0, 0.05) is 12.4 Å². The Hall–Kier alpha value is -2.41. The van der Waals surface area contributed by atoms with Crippen LogP contribution in [0.2, 0.25) is 0 Å². The maximum atomic E-state index is 11.6. The Labute approximate surface area is 144 Å². The molecule has 24 heavy (non-hydrogen) atoms. The van der Waals surface area contributed by atoms with Crippen LogP contribution in [0.15, 0.2) is 41.6 Å². The van der Waals surface area contributed by atoms with Crippen LogP contribution >= 0.6 is 11.8 Å². The minimum Gasteiger partial charge on any atom is -0.358 e. The van der Waals surface area contributed by atoms with Crippen LogP contribution in [0.25, 0.3) is 16.6 Å². The molecule has 1 N–H and O–H groups in total. The Bertz CT molecular complexity index is 860. The van der Waals surface area contributed by atoms with Crippen molar-refractivity contribution < 1.29 is 4.79 Å². The van der Waals surface area contributed by atoms with Crippen molar-refractivity contribution in [3.63, 3.8) is 0 Å². The fourth-order valence-corrected chi connectivity index (χ4v) is 3.28. The average Bonchev–Trinajstić information content (AvgIpc) is 3.05. The van der Waals surface area contributed by atoms with Gasteiger partial charge in [0.1, 0.15) is 10.5 Å². The third-order valence-electron chi connectivity index (χ3n) is 3.66. The second-order valence-electron chi connectivity index (χ2n) is 5.66. The molecule has 124 valence electrons. The van der Waals surface area contributed by atoms with Gasteiger partial charge in [0.25, 0.3) is 0 Å². The van der Waals surface area contributed by atoms with Crippen molar-refractivity contribution in [1.29, 1.82) is 0 Å². The molecule has 0 atom stereocenters. The van der Waals surface area contributed by atoms with E-state index in [9.17, 15) is 4.79 Å². The van der Waals surface area contributed by atoms with Gasteiger partial charge in [0.2, 0.25) is 5.91 Å². The second-order valence-corrected chi connectivity index (χ2v) is 6.63. The number of hydrogen-bond acceptors (Lipinski definition) is 5. The van der Waals surface area contributed by atoms with Gasteiger partial charge in [-0.15, -0.1) is 5.10 Å². The van der Waals surface area contributed by atoms with Crippen LogP contribution < -0.4 is 5.32 Å². The number of nitrogens with one attached hydrogen (secondary N) is 1. The van der Waals surface area contributed by atoms with E-state index in [4.69, 9.17) is 0 Å². The van der Waals surface area contributed by atoms with Gasteiger partial charge in [-0.05, 0) is 18.1 Å². The van der Waals surface area contributed by atoms with Crippen molar-refractivity contribution in [2.75, 3.05) is 12.8 Å². The fourth-order valence-electron chi connectivity index (χ4n) is 2.44. The van der Waals surface area contributed by atoms with Gasteiger partial charge in [-0.3, -0.25) is 4.79 Å². The molecule has 0 saturated heterocycles. The Morgan fingerprint density at radius 2 is 2.00 bits per heavy atom. The first kappa shape index (κ1) is 16.4. The van der Waals surface area contributed by atoms with Crippen LogP contribution in [0, 0.1) is 0 Å². The summed E-state index contributed by atoms with van der Waals surface area (Å²) in [5.74, 6) is 0.487. The second kappa shape index (κ2) is 7.00. The summed E-state index contributed by atoms with van der Waals surface area (Å²) < 4.78 is 1.86. The van der Waals surface area contributed by atoms with Gasteiger partial charge in [-0.25, -0.2) is 4.68 Å². The first-order chi connectivity index (χ1) is 11.6. The highest BCUT2D eigenvalue weighted by Crippen LogP contribution is 2.31. The van der Waals surface area contributed by atoms with E-state index in [2.05, 4.69) is 34.5 Å². The van der Waals surface area contributed by atoms with Crippen molar-refractivity contribution in [3.05, 3.63) is 42.2 Å². The van der Waals surface area contributed by atoms with E-state index < -0.39 is 0 Å². The van der Waals surface area contributed by atoms with Crippen molar-refractivity contribution in [2.45, 2.75) is 24.8 Å². The molecule has 2 heterocycles. The number of carbonyl (C=O) groups is 1. The van der Waals surface area contributed by atoms with Gasteiger partial charge < -0.3 is 5.32 Å². The summed E-state index contributed by atoms with van der Waals surface area (Å²) >= 11 is 1.37. The van der Waals surface area contributed by atoms with Crippen LogP contribution in [0.3, 0.4) is 0 Å². The van der Waals surface area contributed by atoms with Crippen molar-refractivity contribution in [2.24, 2.45) is 0 Å². The molecule has 6 nitrogen and oxygen atoms in total. The molecule has 0 fully saturated rings. The number of amides is 1. The number of aromatic nitrogens is 4. The highest BCUT2D eigenvalue weighted by molar-refractivity contribution is 8.00. The molecule has 3 aromatic rings. The molecule has 2 aromatic heterocycles. The largest absolute Gasteiger partial charge is 0.358 e. The van der Waals surface area contributed by atoms with E-state index in [1.165, 1.54) is 11.8 Å². The van der Waals surface area contributed by atoms with Crippen molar-refractivity contribution >= 4 is 28.6 Å². The average molecular weight is 341 g/mol. The number of carbonyl (C=O) groups excluding carboxylic acids is 1. The highest BCUT2D eigenvalue weighted by atomic mass is 32.2. The molecule has 7 heteroatoms. The van der Waals surface area contributed by atoms with Crippen LogP contribution in [0.5, 0.6) is 0 Å². The monoisotopic (exact) mass is 341 g/mol. The molecule has 3 rings (SSSR count). The molecule has 0 bridgehead atoms. The lowest BCUT2D eigenvalue weighted by atomic mass is 10.1. The predicted molar refractivity (Wildman–Crippen MR) is 95.5 cm³/mol. The molecule has 1 amide bonds. The van der Waals surface area contributed by atoms with E-state index in [0.717, 1.165) is 22.3 Å². The SMILES string of the molecule is CNC(=O)CSc1nnc(C(C)C)c2cnn(-c3ccccc3)c12. The van der Waals surface area contributed by atoms with E-state index in [1.807, 2.05) is 41.2 Å². The third kappa shape index (κ3) is 3.12. The smallest absolute Gasteiger partial charge is 0.230 e. The standard InChI is InChI=1S/C17H19N5OS/c1-11(2)15-13-9-19-22(12-7-5-4-6-8-12)16(13)17(21-20-15)24-10-14(23)18-3/h4-9,11H,10H2,1-3H3,(H,18,23). The zero-order chi connectivity index (χ0) is 17.1. The molecular weight excluding hydrogens is 322 g/mol. The first-order valence-electron chi connectivity index (χ1n) is 7.75. The minimum atomic E-state index is -0.0475. The number of benzene rings is 1. The van der Waals surface area contributed by atoms with Crippen molar-refractivity contribution in [1.82, 2.24) is 25.3 Å². The number of hydrogen-bond donors (Lipinski definition) is 1. The van der Waals surface area contributed by atoms with Gasteiger partial charge in [-0.1, -0.05) is 43.8 Å². The Morgan fingerprint density at radius 1 is 1.25 bits per heavy atom. The van der Waals surface area contributed by atoms with Gasteiger partial charge in [-0.2, -0.15) is 10.2 Å². The summed E-state index contributed by atoms with van der Waals surface area (Å²) in [6, 6.07) is 9.90. The van der Waals surface area contributed by atoms with Gasteiger partial charge in [0.05, 0.1) is 23.3 Å². The lowest BCUT2D eigenvalue weighted by Crippen LogP contribution is -2.20. The predicted octanol–water partition coefficient (Wildman–Crippen LogP) is 2.78. The Morgan fingerprint density at radius 3 is 2.67 bits per heavy atom. The maximum Gasteiger partial charge on any atom is 0.230 e. The van der Waals surface area contributed by atoms with E-state index >= 15 is 0 Å². The molecule has 0 aliphatic carbocycles. The van der Waals surface area contributed by atoms with E-state index in [-0.39, 0.29) is 11.8 Å². The van der Waals surface area contributed by atoms with Crippen LogP contribution in [0.1, 0.15) is 25.5 Å². The molecule has 0 spiro atoms.